The Balaban J connectivity index is 1.73. The Morgan fingerprint density at radius 1 is 1.19 bits per heavy atom. The predicted octanol–water partition coefficient (Wildman–Crippen LogP) is 3.54. The minimum absolute atomic E-state index is 0.443. The predicted molar refractivity (Wildman–Crippen MR) is 103 cm³/mol. The Morgan fingerprint density at radius 3 is 2.77 bits per heavy atom. The van der Waals surface area contributed by atoms with E-state index in [1.54, 1.807) is 32.5 Å². The molecule has 1 heterocycles. The van der Waals surface area contributed by atoms with Crippen molar-refractivity contribution >= 4 is 22.4 Å². The number of hydrogen-bond donors (Lipinski definition) is 2. The van der Waals surface area contributed by atoms with Gasteiger partial charge >= 0.3 is 0 Å². The van der Waals surface area contributed by atoms with Crippen molar-refractivity contribution in [2.24, 2.45) is 5.73 Å². The molecule has 0 saturated heterocycles. The molecule has 3 rings (SSSR count). The van der Waals surface area contributed by atoms with E-state index in [4.69, 9.17) is 15.2 Å². The number of nitrogens with zero attached hydrogens (tertiary/aromatic N) is 1. The van der Waals surface area contributed by atoms with Gasteiger partial charge in [-0.3, -0.25) is 4.79 Å². The van der Waals surface area contributed by atoms with Crippen molar-refractivity contribution in [3.63, 3.8) is 0 Å². The average Bonchev–Trinajstić information content (AvgIpc) is 3.15. The van der Waals surface area contributed by atoms with Crippen LogP contribution >= 0.6 is 11.3 Å². The first-order chi connectivity index (χ1) is 12.6. The number of thiazole rings is 1. The summed E-state index contributed by atoms with van der Waals surface area (Å²) in [6.07, 6.45) is 1.78. The normalized spacial score (nSPS) is 10.4. The van der Waals surface area contributed by atoms with E-state index in [2.05, 4.69) is 10.3 Å². The number of anilines is 1. The molecule has 134 valence electrons. The van der Waals surface area contributed by atoms with Gasteiger partial charge in [-0.1, -0.05) is 23.5 Å². The number of primary amides is 1. The van der Waals surface area contributed by atoms with E-state index >= 15 is 0 Å². The zero-order valence-corrected chi connectivity index (χ0v) is 15.3. The van der Waals surface area contributed by atoms with Crippen molar-refractivity contribution in [3.05, 3.63) is 59.8 Å². The summed E-state index contributed by atoms with van der Waals surface area (Å²) in [5.41, 5.74) is 7.73. The number of carbonyl (C=O) groups is 1. The van der Waals surface area contributed by atoms with Gasteiger partial charge in [0.05, 0.1) is 19.1 Å². The number of aromatic nitrogens is 1. The Morgan fingerprint density at radius 2 is 2.04 bits per heavy atom. The minimum atomic E-state index is -0.443. The third kappa shape index (κ3) is 3.94. The topological polar surface area (TPSA) is 86.5 Å². The van der Waals surface area contributed by atoms with Gasteiger partial charge in [0.1, 0.15) is 11.5 Å². The molecule has 0 bridgehead atoms. The highest BCUT2D eigenvalue weighted by molar-refractivity contribution is 7.18. The lowest BCUT2D eigenvalue weighted by atomic mass is 10.1. The van der Waals surface area contributed by atoms with Gasteiger partial charge in [0.2, 0.25) is 5.91 Å². The third-order valence-corrected chi connectivity index (χ3v) is 4.87. The SMILES string of the molecule is COc1ccc(CNc2ncc(-c3cccc(C(N)=O)c3)s2)c(OC)c1. The standard InChI is InChI=1S/C19H19N3O3S/c1-24-15-7-6-14(16(9-15)25-2)10-21-19-22-11-17(26-19)12-4-3-5-13(8-12)18(20)23/h3-9,11H,10H2,1-2H3,(H2,20,23)(H,21,22). The van der Waals surface area contributed by atoms with E-state index in [-0.39, 0.29) is 0 Å². The lowest BCUT2D eigenvalue weighted by Crippen LogP contribution is -2.10. The molecule has 26 heavy (non-hydrogen) atoms. The lowest BCUT2D eigenvalue weighted by Gasteiger charge is -2.10. The highest BCUT2D eigenvalue weighted by Gasteiger charge is 2.09. The molecule has 2 aromatic carbocycles. The molecule has 1 aromatic heterocycles. The molecular formula is C19H19N3O3S. The number of methoxy groups -OCH3 is 2. The molecule has 0 saturated carbocycles. The van der Waals surface area contributed by atoms with Crippen LogP contribution in [-0.4, -0.2) is 25.1 Å². The first-order valence-electron chi connectivity index (χ1n) is 7.91. The maximum Gasteiger partial charge on any atom is 0.248 e. The number of benzene rings is 2. The van der Waals surface area contributed by atoms with Crippen molar-refractivity contribution in [2.75, 3.05) is 19.5 Å². The van der Waals surface area contributed by atoms with Crippen LogP contribution in [0.3, 0.4) is 0 Å². The summed E-state index contributed by atoms with van der Waals surface area (Å²) in [6, 6.07) is 12.9. The summed E-state index contributed by atoms with van der Waals surface area (Å²) in [7, 11) is 3.25. The summed E-state index contributed by atoms with van der Waals surface area (Å²) < 4.78 is 10.6. The molecule has 0 fully saturated rings. The second-order valence-corrected chi connectivity index (χ2v) is 6.54. The molecule has 0 spiro atoms. The number of nitrogens with two attached hydrogens (primary N) is 1. The van der Waals surface area contributed by atoms with E-state index in [1.807, 2.05) is 30.3 Å². The van der Waals surface area contributed by atoms with Gasteiger partial charge in [0.15, 0.2) is 5.13 Å². The zero-order chi connectivity index (χ0) is 18.5. The average molecular weight is 369 g/mol. The van der Waals surface area contributed by atoms with Crippen LogP contribution in [0.5, 0.6) is 11.5 Å². The summed E-state index contributed by atoms with van der Waals surface area (Å²) in [5.74, 6) is 1.06. The molecule has 0 atom stereocenters. The molecule has 6 nitrogen and oxygen atoms in total. The molecule has 3 N–H and O–H groups in total. The monoisotopic (exact) mass is 369 g/mol. The highest BCUT2D eigenvalue weighted by atomic mass is 32.1. The third-order valence-electron chi connectivity index (χ3n) is 3.86. The van der Waals surface area contributed by atoms with Crippen molar-refractivity contribution in [1.29, 1.82) is 0 Å². The van der Waals surface area contributed by atoms with Crippen LogP contribution in [0.25, 0.3) is 10.4 Å². The minimum Gasteiger partial charge on any atom is -0.497 e. The van der Waals surface area contributed by atoms with Crippen LogP contribution in [0.2, 0.25) is 0 Å². The second-order valence-electron chi connectivity index (χ2n) is 5.51. The van der Waals surface area contributed by atoms with Gasteiger partial charge in [-0.05, 0) is 29.8 Å². The smallest absolute Gasteiger partial charge is 0.248 e. The number of hydrogen-bond acceptors (Lipinski definition) is 6. The second kappa shape index (κ2) is 7.88. The van der Waals surface area contributed by atoms with E-state index in [0.29, 0.717) is 12.1 Å². The van der Waals surface area contributed by atoms with Crippen LogP contribution < -0.4 is 20.5 Å². The summed E-state index contributed by atoms with van der Waals surface area (Å²) in [4.78, 5) is 16.7. The number of amides is 1. The molecular weight excluding hydrogens is 350 g/mol. The van der Waals surface area contributed by atoms with Gasteiger partial charge in [-0.15, -0.1) is 0 Å². The molecule has 0 unspecified atom stereocenters. The molecule has 0 aliphatic rings. The maximum atomic E-state index is 11.3. The first-order valence-corrected chi connectivity index (χ1v) is 8.73. The molecule has 1 amide bonds. The Bertz CT molecular complexity index is 924. The van der Waals surface area contributed by atoms with Crippen molar-refractivity contribution in [1.82, 2.24) is 4.98 Å². The highest BCUT2D eigenvalue weighted by Crippen LogP contribution is 2.31. The van der Waals surface area contributed by atoms with Gasteiger partial charge in [-0.25, -0.2) is 4.98 Å². The van der Waals surface area contributed by atoms with Crippen molar-refractivity contribution in [2.45, 2.75) is 6.54 Å². The molecule has 0 radical (unpaired) electrons. The fourth-order valence-electron chi connectivity index (χ4n) is 2.48. The fraction of sp³-hybridized carbons (Fsp3) is 0.158. The molecule has 7 heteroatoms. The van der Waals surface area contributed by atoms with E-state index in [0.717, 1.165) is 32.6 Å². The number of rotatable bonds is 7. The summed E-state index contributed by atoms with van der Waals surface area (Å²) in [6.45, 7) is 0.571. The van der Waals surface area contributed by atoms with E-state index in [1.165, 1.54) is 11.3 Å². The molecule has 0 aliphatic carbocycles. The Hall–Kier alpha value is -3.06. The van der Waals surface area contributed by atoms with Gasteiger partial charge in [0.25, 0.3) is 0 Å². The van der Waals surface area contributed by atoms with E-state index < -0.39 is 5.91 Å². The molecule has 0 aliphatic heterocycles. The van der Waals surface area contributed by atoms with Crippen LogP contribution in [-0.2, 0) is 6.54 Å². The van der Waals surface area contributed by atoms with E-state index in [9.17, 15) is 4.79 Å². The van der Waals surface area contributed by atoms with Gasteiger partial charge < -0.3 is 20.5 Å². The Labute approximate surface area is 155 Å². The van der Waals surface area contributed by atoms with Crippen LogP contribution in [0, 0.1) is 0 Å². The maximum absolute atomic E-state index is 11.3. The number of nitrogens with one attached hydrogen (secondary N) is 1. The van der Waals surface area contributed by atoms with Crippen LogP contribution in [0.1, 0.15) is 15.9 Å². The first kappa shape index (κ1) is 17.8. The largest absolute Gasteiger partial charge is 0.497 e. The quantitative estimate of drug-likeness (QED) is 0.665. The fourth-order valence-corrected chi connectivity index (χ4v) is 3.29. The van der Waals surface area contributed by atoms with Crippen molar-refractivity contribution in [3.8, 4) is 21.9 Å². The lowest BCUT2D eigenvalue weighted by molar-refractivity contribution is 0.100. The summed E-state index contributed by atoms with van der Waals surface area (Å²) >= 11 is 1.51. The summed E-state index contributed by atoms with van der Waals surface area (Å²) in [5, 5.41) is 4.08. The van der Waals surface area contributed by atoms with Gasteiger partial charge in [0, 0.05) is 29.9 Å². The Kier molecular flexibility index (Phi) is 5.38. The number of ether oxygens (including phenoxy) is 2. The van der Waals surface area contributed by atoms with Crippen LogP contribution in [0.4, 0.5) is 5.13 Å². The van der Waals surface area contributed by atoms with Crippen LogP contribution in [0.15, 0.2) is 48.7 Å². The zero-order valence-electron chi connectivity index (χ0n) is 14.5. The van der Waals surface area contributed by atoms with Gasteiger partial charge in [-0.2, -0.15) is 0 Å². The van der Waals surface area contributed by atoms with Crippen molar-refractivity contribution < 1.29 is 14.3 Å². The molecule has 3 aromatic rings. The number of carbonyl (C=O) groups excluding carboxylic acids is 1.